The van der Waals surface area contributed by atoms with Crippen LogP contribution in [0.3, 0.4) is 0 Å². The summed E-state index contributed by atoms with van der Waals surface area (Å²) < 4.78 is 6.06. The molecule has 0 spiro atoms. The number of nitrogens with two attached hydrogens (primary N) is 1. The van der Waals surface area contributed by atoms with E-state index in [4.69, 9.17) is 10.5 Å². The van der Waals surface area contributed by atoms with E-state index in [1.165, 1.54) is 0 Å². The summed E-state index contributed by atoms with van der Waals surface area (Å²) in [5.41, 5.74) is 6.99. The Hall–Kier alpha value is -1.55. The number of aromatic amines is 1. The molecule has 3 N–H and O–H groups in total. The lowest BCUT2D eigenvalue weighted by Gasteiger charge is -2.27. The number of rotatable bonds is 2. The van der Waals surface area contributed by atoms with Gasteiger partial charge in [-0.25, -0.2) is 0 Å². The molecule has 1 heterocycles. The third-order valence-electron chi connectivity index (χ3n) is 3.41. The molecule has 4 heteroatoms. The summed E-state index contributed by atoms with van der Waals surface area (Å²) in [6.07, 6.45) is 6.39. The fourth-order valence-electron chi connectivity index (χ4n) is 2.51. The SMILES string of the molecule is N[C@@H]1CCC[C@H](Oc2cccc3[nH]ncc23)C1. The Labute approximate surface area is 100 Å². The van der Waals surface area contributed by atoms with Gasteiger partial charge >= 0.3 is 0 Å². The summed E-state index contributed by atoms with van der Waals surface area (Å²) in [6.45, 7) is 0. The fraction of sp³-hybridized carbons (Fsp3) is 0.462. The smallest absolute Gasteiger partial charge is 0.130 e. The Bertz CT molecular complexity index is 508. The van der Waals surface area contributed by atoms with Crippen molar-refractivity contribution in [1.29, 1.82) is 0 Å². The van der Waals surface area contributed by atoms with Crippen molar-refractivity contribution in [3.8, 4) is 5.75 Å². The Morgan fingerprint density at radius 1 is 1.35 bits per heavy atom. The molecule has 2 aromatic rings. The van der Waals surface area contributed by atoms with Gasteiger partial charge in [0, 0.05) is 6.04 Å². The summed E-state index contributed by atoms with van der Waals surface area (Å²) in [5, 5.41) is 8.04. The molecule has 1 aromatic heterocycles. The third-order valence-corrected chi connectivity index (χ3v) is 3.41. The van der Waals surface area contributed by atoms with E-state index in [2.05, 4.69) is 10.2 Å². The van der Waals surface area contributed by atoms with Crippen molar-refractivity contribution in [1.82, 2.24) is 10.2 Å². The van der Waals surface area contributed by atoms with E-state index in [9.17, 15) is 0 Å². The number of benzene rings is 1. The number of H-pyrrole nitrogens is 1. The maximum atomic E-state index is 6.06. The first kappa shape index (κ1) is 10.6. The molecule has 0 radical (unpaired) electrons. The Morgan fingerprint density at radius 3 is 3.18 bits per heavy atom. The van der Waals surface area contributed by atoms with Crippen LogP contribution in [0.1, 0.15) is 25.7 Å². The van der Waals surface area contributed by atoms with E-state index in [1.807, 2.05) is 24.4 Å². The molecule has 1 saturated carbocycles. The number of hydrogen-bond donors (Lipinski definition) is 2. The van der Waals surface area contributed by atoms with Crippen LogP contribution in [0.25, 0.3) is 10.9 Å². The first-order valence-electron chi connectivity index (χ1n) is 6.17. The van der Waals surface area contributed by atoms with Gasteiger partial charge in [-0.15, -0.1) is 0 Å². The largest absolute Gasteiger partial charge is 0.490 e. The minimum absolute atomic E-state index is 0.249. The molecule has 3 rings (SSSR count). The number of nitrogens with one attached hydrogen (secondary N) is 1. The fourth-order valence-corrected chi connectivity index (χ4v) is 2.51. The molecule has 1 aliphatic rings. The molecule has 0 saturated heterocycles. The van der Waals surface area contributed by atoms with Crippen LogP contribution >= 0.6 is 0 Å². The van der Waals surface area contributed by atoms with Gasteiger partial charge in [-0.05, 0) is 37.8 Å². The topological polar surface area (TPSA) is 63.9 Å². The summed E-state index contributed by atoms with van der Waals surface area (Å²) in [4.78, 5) is 0. The van der Waals surface area contributed by atoms with E-state index in [-0.39, 0.29) is 12.1 Å². The van der Waals surface area contributed by atoms with E-state index in [0.29, 0.717) is 0 Å². The van der Waals surface area contributed by atoms with Crippen LogP contribution in [0.2, 0.25) is 0 Å². The van der Waals surface area contributed by atoms with Crippen LogP contribution in [-0.2, 0) is 0 Å². The molecule has 1 aliphatic carbocycles. The van der Waals surface area contributed by atoms with Crippen LogP contribution in [0.15, 0.2) is 24.4 Å². The first-order chi connectivity index (χ1) is 8.33. The lowest BCUT2D eigenvalue weighted by atomic mass is 9.93. The lowest BCUT2D eigenvalue weighted by molar-refractivity contribution is 0.146. The van der Waals surface area contributed by atoms with Crippen LogP contribution in [-0.4, -0.2) is 22.3 Å². The van der Waals surface area contributed by atoms with Crippen LogP contribution in [0, 0.1) is 0 Å². The second-order valence-corrected chi connectivity index (χ2v) is 4.75. The van der Waals surface area contributed by atoms with Gasteiger partial charge in [0.1, 0.15) is 11.9 Å². The molecule has 0 unspecified atom stereocenters. The summed E-state index contributed by atoms with van der Waals surface area (Å²) >= 11 is 0. The van der Waals surface area contributed by atoms with Crippen molar-refractivity contribution in [3.05, 3.63) is 24.4 Å². The van der Waals surface area contributed by atoms with Crippen molar-refractivity contribution >= 4 is 10.9 Å². The third kappa shape index (κ3) is 2.13. The standard InChI is InChI=1S/C13H17N3O/c14-9-3-1-4-10(7-9)17-13-6-2-5-12-11(13)8-15-16-12/h2,5-6,8-10H,1,3-4,7,14H2,(H,15,16)/t9-,10+/m1/s1. The molecule has 90 valence electrons. The lowest BCUT2D eigenvalue weighted by Crippen LogP contribution is -2.33. The number of nitrogens with zero attached hydrogens (tertiary/aromatic N) is 1. The molecule has 1 aromatic carbocycles. The summed E-state index contributed by atoms with van der Waals surface area (Å²) in [7, 11) is 0. The predicted octanol–water partition coefficient (Wildman–Crippen LogP) is 2.21. The van der Waals surface area contributed by atoms with E-state index in [1.54, 1.807) is 0 Å². The van der Waals surface area contributed by atoms with Crippen LogP contribution in [0.4, 0.5) is 0 Å². The minimum Gasteiger partial charge on any atom is -0.490 e. The highest BCUT2D eigenvalue weighted by Gasteiger charge is 2.21. The minimum atomic E-state index is 0.249. The predicted molar refractivity (Wildman–Crippen MR) is 67.0 cm³/mol. The van der Waals surface area contributed by atoms with Crippen molar-refractivity contribution in [3.63, 3.8) is 0 Å². The average molecular weight is 231 g/mol. The van der Waals surface area contributed by atoms with Gasteiger partial charge in [0.2, 0.25) is 0 Å². The molecule has 0 aliphatic heterocycles. The van der Waals surface area contributed by atoms with Crippen LogP contribution < -0.4 is 10.5 Å². The second kappa shape index (κ2) is 4.37. The molecular formula is C13H17N3O. The van der Waals surface area contributed by atoms with E-state index >= 15 is 0 Å². The van der Waals surface area contributed by atoms with Crippen molar-refractivity contribution in [2.24, 2.45) is 5.73 Å². The van der Waals surface area contributed by atoms with Crippen molar-refractivity contribution < 1.29 is 4.74 Å². The molecule has 2 atom stereocenters. The van der Waals surface area contributed by atoms with Crippen molar-refractivity contribution in [2.45, 2.75) is 37.8 Å². The number of ether oxygens (including phenoxy) is 1. The number of fused-ring (bicyclic) bond motifs is 1. The average Bonchev–Trinajstić information content (AvgIpc) is 2.78. The quantitative estimate of drug-likeness (QED) is 0.833. The van der Waals surface area contributed by atoms with Crippen molar-refractivity contribution in [2.75, 3.05) is 0 Å². The molecule has 0 amide bonds. The molecule has 0 bridgehead atoms. The zero-order chi connectivity index (χ0) is 11.7. The summed E-state index contributed by atoms with van der Waals surface area (Å²) in [5.74, 6) is 0.912. The summed E-state index contributed by atoms with van der Waals surface area (Å²) in [6, 6.07) is 6.27. The zero-order valence-corrected chi connectivity index (χ0v) is 9.73. The van der Waals surface area contributed by atoms with Gasteiger partial charge in [-0.1, -0.05) is 6.07 Å². The van der Waals surface area contributed by atoms with Gasteiger partial charge in [0.05, 0.1) is 17.1 Å². The van der Waals surface area contributed by atoms with Gasteiger partial charge in [-0.3, -0.25) is 5.10 Å². The zero-order valence-electron chi connectivity index (χ0n) is 9.73. The molecule has 17 heavy (non-hydrogen) atoms. The van der Waals surface area contributed by atoms with Gasteiger partial charge in [-0.2, -0.15) is 5.10 Å². The maximum Gasteiger partial charge on any atom is 0.130 e. The number of hydrogen-bond acceptors (Lipinski definition) is 3. The maximum absolute atomic E-state index is 6.06. The van der Waals surface area contributed by atoms with Gasteiger partial charge in [0.25, 0.3) is 0 Å². The molecule has 1 fully saturated rings. The van der Waals surface area contributed by atoms with Gasteiger partial charge in [0.15, 0.2) is 0 Å². The highest BCUT2D eigenvalue weighted by Crippen LogP contribution is 2.28. The normalized spacial score (nSPS) is 25.0. The highest BCUT2D eigenvalue weighted by molar-refractivity contribution is 5.84. The first-order valence-corrected chi connectivity index (χ1v) is 6.17. The Morgan fingerprint density at radius 2 is 2.29 bits per heavy atom. The monoisotopic (exact) mass is 231 g/mol. The second-order valence-electron chi connectivity index (χ2n) is 4.75. The number of aromatic nitrogens is 2. The van der Waals surface area contributed by atoms with Crippen LogP contribution in [0.5, 0.6) is 5.75 Å². The molecular weight excluding hydrogens is 214 g/mol. The van der Waals surface area contributed by atoms with E-state index in [0.717, 1.165) is 42.3 Å². The Balaban J connectivity index is 1.82. The van der Waals surface area contributed by atoms with Gasteiger partial charge < -0.3 is 10.5 Å². The Kier molecular flexibility index (Phi) is 2.73. The highest BCUT2D eigenvalue weighted by atomic mass is 16.5. The van der Waals surface area contributed by atoms with E-state index < -0.39 is 0 Å². The molecule has 4 nitrogen and oxygen atoms in total.